The molecule has 1 aliphatic carbocycles. The van der Waals surface area contributed by atoms with E-state index in [0.29, 0.717) is 0 Å². The number of hydrogen-bond acceptors (Lipinski definition) is 3. The van der Waals surface area contributed by atoms with Crippen LogP contribution >= 0.6 is 0 Å². The van der Waals surface area contributed by atoms with Gasteiger partial charge < -0.3 is 9.47 Å². The lowest BCUT2D eigenvalue weighted by Crippen LogP contribution is -2.15. The van der Waals surface area contributed by atoms with Crippen molar-refractivity contribution >= 4 is 10.9 Å². The van der Waals surface area contributed by atoms with Crippen LogP contribution < -0.4 is 9.47 Å². The molecule has 0 fully saturated rings. The zero-order valence-corrected chi connectivity index (χ0v) is 21.7. The van der Waals surface area contributed by atoms with Crippen LogP contribution in [0.3, 0.4) is 0 Å². The molecule has 39 heavy (non-hydrogen) atoms. The molecular formula is C36H25NO2. The highest BCUT2D eigenvalue weighted by molar-refractivity contribution is 5.96. The average Bonchev–Trinajstić information content (AvgIpc) is 3.20. The van der Waals surface area contributed by atoms with E-state index >= 15 is 0 Å². The van der Waals surface area contributed by atoms with Crippen LogP contribution in [-0.4, -0.2) is 4.98 Å². The third kappa shape index (κ3) is 3.33. The summed E-state index contributed by atoms with van der Waals surface area (Å²) in [7, 11) is 0. The minimum absolute atomic E-state index is 0.0861. The van der Waals surface area contributed by atoms with E-state index in [1.807, 2.05) is 24.3 Å². The second-order valence-corrected chi connectivity index (χ2v) is 10.8. The van der Waals surface area contributed by atoms with Crippen molar-refractivity contribution in [3.63, 3.8) is 0 Å². The van der Waals surface area contributed by atoms with Crippen LogP contribution in [0.25, 0.3) is 44.4 Å². The van der Waals surface area contributed by atoms with Crippen molar-refractivity contribution in [1.82, 2.24) is 4.98 Å². The van der Waals surface area contributed by atoms with Crippen molar-refractivity contribution in [3.05, 3.63) is 126 Å². The van der Waals surface area contributed by atoms with Gasteiger partial charge in [0.1, 0.15) is 0 Å². The quantitative estimate of drug-likeness (QED) is 0.235. The fourth-order valence-corrected chi connectivity index (χ4v) is 6.12. The van der Waals surface area contributed by atoms with Crippen LogP contribution in [0.2, 0.25) is 0 Å². The maximum Gasteiger partial charge on any atom is 0.170 e. The topological polar surface area (TPSA) is 31.4 Å². The van der Waals surface area contributed by atoms with Crippen molar-refractivity contribution in [2.75, 3.05) is 0 Å². The number of aromatic nitrogens is 1. The van der Waals surface area contributed by atoms with E-state index in [4.69, 9.17) is 14.5 Å². The molecule has 1 aliphatic heterocycles. The number of ether oxygens (including phenoxy) is 2. The Morgan fingerprint density at radius 3 is 2.15 bits per heavy atom. The van der Waals surface area contributed by atoms with E-state index in [-0.39, 0.29) is 5.41 Å². The first kappa shape index (κ1) is 22.1. The van der Waals surface area contributed by atoms with Gasteiger partial charge in [0.15, 0.2) is 23.0 Å². The first-order valence-electron chi connectivity index (χ1n) is 13.3. The molecule has 2 aliphatic rings. The van der Waals surface area contributed by atoms with E-state index < -0.39 is 0 Å². The number of fused-ring (bicyclic) bond motifs is 6. The van der Waals surface area contributed by atoms with Gasteiger partial charge in [-0.05, 0) is 69.8 Å². The van der Waals surface area contributed by atoms with Crippen LogP contribution in [0.15, 0.2) is 115 Å². The maximum atomic E-state index is 6.50. The SMILES string of the molecule is CC1(C)c2ccccc2-c2cc3c(cc21)Oc1ccc(-c2cccc4nc(-c5ccccc5)ccc24)cc1O3. The molecule has 0 N–H and O–H groups in total. The summed E-state index contributed by atoms with van der Waals surface area (Å²) in [4.78, 5) is 4.96. The van der Waals surface area contributed by atoms with Crippen LogP contribution in [0.5, 0.6) is 23.0 Å². The molecule has 0 saturated heterocycles. The second kappa shape index (κ2) is 8.05. The number of pyridine rings is 1. The summed E-state index contributed by atoms with van der Waals surface area (Å²) >= 11 is 0. The molecule has 0 spiro atoms. The largest absolute Gasteiger partial charge is 0.450 e. The Hall–Kier alpha value is -4.89. The monoisotopic (exact) mass is 503 g/mol. The number of nitrogens with zero attached hydrogens (tertiary/aromatic N) is 1. The highest BCUT2D eigenvalue weighted by atomic mass is 16.6. The normalized spacial score (nSPS) is 14.0. The van der Waals surface area contributed by atoms with Crippen LogP contribution in [0, 0.1) is 0 Å². The molecular weight excluding hydrogens is 478 g/mol. The van der Waals surface area contributed by atoms with Crippen molar-refractivity contribution < 1.29 is 9.47 Å². The molecule has 2 heterocycles. The van der Waals surface area contributed by atoms with Crippen LogP contribution in [-0.2, 0) is 5.41 Å². The predicted octanol–water partition coefficient (Wildman–Crippen LogP) is 9.77. The summed E-state index contributed by atoms with van der Waals surface area (Å²) in [6.45, 7) is 4.55. The average molecular weight is 504 g/mol. The molecule has 186 valence electrons. The van der Waals surface area contributed by atoms with Crippen molar-refractivity contribution in [2.45, 2.75) is 19.3 Å². The molecule has 5 aromatic carbocycles. The maximum absolute atomic E-state index is 6.50. The molecule has 0 radical (unpaired) electrons. The van der Waals surface area contributed by atoms with E-state index in [0.717, 1.165) is 56.3 Å². The molecule has 1 aromatic heterocycles. The standard InChI is InChI=1S/C36H25NO2/c1-36(2)28-13-7-6-11-25(28)27-20-34-35(21-29(27)36)38-32-18-15-23(19-33(32)39-34)24-12-8-14-31-26(24)16-17-30(37-31)22-9-4-3-5-10-22/h3-21H,1-2H3. The van der Waals surface area contributed by atoms with Crippen LogP contribution in [0.1, 0.15) is 25.0 Å². The molecule has 0 amide bonds. The minimum atomic E-state index is -0.0861. The Balaban J connectivity index is 1.19. The van der Waals surface area contributed by atoms with Gasteiger partial charge in [-0.25, -0.2) is 4.98 Å². The third-order valence-corrected chi connectivity index (χ3v) is 8.14. The van der Waals surface area contributed by atoms with Crippen molar-refractivity contribution in [1.29, 1.82) is 0 Å². The fourth-order valence-electron chi connectivity index (χ4n) is 6.12. The molecule has 0 unspecified atom stereocenters. The van der Waals surface area contributed by atoms with E-state index in [1.54, 1.807) is 0 Å². The highest BCUT2D eigenvalue weighted by Crippen LogP contribution is 2.55. The summed E-state index contributed by atoms with van der Waals surface area (Å²) in [5.74, 6) is 2.95. The first-order valence-corrected chi connectivity index (χ1v) is 13.3. The Morgan fingerprint density at radius 1 is 0.513 bits per heavy atom. The summed E-state index contributed by atoms with van der Waals surface area (Å²) < 4.78 is 12.9. The third-order valence-electron chi connectivity index (χ3n) is 8.14. The molecule has 0 atom stereocenters. The smallest absolute Gasteiger partial charge is 0.170 e. The lowest BCUT2D eigenvalue weighted by molar-refractivity contribution is 0.359. The lowest BCUT2D eigenvalue weighted by atomic mass is 9.82. The summed E-state index contributed by atoms with van der Waals surface area (Å²) in [6, 6.07) is 39.9. The molecule has 8 rings (SSSR count). The van der Waals surface area contributed by atoms with Gasteiger partial charge in [0.2, 0.25) is 0 Å². The van der Waals surface area contributed by atoms with Gasteiger partial charge >= 0.3 is 0 Å². The lowest BCUT2D eigenvalue weighted by Gasteiger charge is -2.25. The van der Waals surface area contributed by atoms with E-state index in [1.165, 1.54) is 22.3 Å². The minimum Gasteiger partial charge on any atom is -0.450 e. The van der Waals surface area contributed by atoms with Gasteiger partial charge in [0.05, 0.1) is 11.2 Å². The zero-order chi connectivity index (χ0) is 26.1. The number of hydrogen-bond donors (Lipinski definition) is 0. The van der Waals surface area contributed by atoms with E-state index in [2.05, 4.69) is 105 Å². The molecule has 3 heteroatoms. The number of benzene rings is 5. The van der Waals surface area contributed by atoms with Gasteiger partial charge in [-0.3, -0.25) is 0 Å². The van der Waals surface area contributed by atoms with Gasteiger partial charge in [-0.2, -0.15) is 0 Å². The Morgan fingerprint density at radius 2 is 1.26 bits per heavy atom. The molecule has 3 nitrogen and oxygen atoms in total. The highest BCUT2D eigenvalue weighted by Gasteiger charge is 2.37. The summed E-state index contributed by atoms with van der Waals surface area (Å²) in [5.41, 5.74) is 10.2. The van der Waals surface area contributed by atoms with Gasteiger partial charge in [0.25, 0.3) is 0 Å². The number of rotatable bonds is 2. The molecule has 0 saturated carbocycles. The Labute approximate surface area is 227 Å². The summed E-state index contributed by atoms with van der Waals surface area (Å²) in [6.07, 6.45) is 0. The Bertz CT molecular complexity index is 1940. The molecule has 0 bridgehead atoms. The van der Waals surface area contributed by atoms with Gasteiger partial charge in [0, 0.05) is 16.4 Å². The first-order chi connectivity index (χ1) is 19.1. The second-order valence-electron chi connectivity index (χ2n) is 10.8. The van der Waals surface area contributed by atoms with Crippen molar-refractivity contribution in [3.8, 4) is 56.5 Å². The predicted molar refractivity (Wildman–Crippen MR) is 157 cm³/mol. The van der Waals surface area contributed by atoms with Gasteiger partial charge in [-0.1, -0.05) is 92.7 Å². The van der Waals surface area contributed by atoms with Crippen molar-refractivity contribution in [2.24, 2.45) is 0 Å². The Kier molecular flexibility index (Phi) is 4.57. The molecule has 6 aromatic rings. The summed E-state index contributed by atoms with van der Waals surface area (Å²) in [5, 5.41) is 1.10. The van der Waals surface area contributed by atoms with E-state index in [9.17, 15) is 0 Å². The van der Waals surface area contributed by atoms with Crippen LogP contribution in [0.4, 0.5) is 0 Å². The zero-order valence-electron chi connectivity index (χ0n) is 21.7. The van der Waals surface area contributed by atoms with Gasteiger partial charge in [-0.15, -0.1) is 0 Å². The fraction of sp³-hybridized carbons (Fsp3) is 0.0833.